The van der Waals surface area contributed by atoms with Gasteiger partial charge in [0.1, 0.15) is 17.9 Å². The maximum absolute atomic E-state index is 11.7. The van der Waals surface area contributed by atoms with E-state index in [4.69, 9.17) is 10.5 Å². The van der Waals surface area contributed by atoms with Gasteiger partial charge in [-0.05, 0) is 61.1 Å². The van der Waals surface area contributed by atoms with E-state index >= 15 is 0 Å². The van der Waals surface area contributed by atoms with Crippen LogP contribution in [0.25, 0.3) is 0 Å². The number of alkyl carbamates (subject to hydrolysis) is 1. The van der Waals surface area contributed by atoms with Crippen LogP contribution >= 0.6 is 22.6 Å². The van der Waals surface area contributed by atoms with Gasteiger partial charge in [-0.2, -0.15) is 0 Å². The van der Waals surface area contributed by atoms with Gasteiger partial charge in [0.15, 0.2) is 0 Å². The van der Waals surface area contributed by atoms with E-state index in [1.165, 1.54) is 0 Å². The van der Waals surface area contributed by atoms with Crippen LogP contribution in [-0.2, 0) is 9.53 Å². The van der Waals surface area contributed by atoms with E-state index in [1.54, 1.807) is 20.8 Å². The van der Waals surface area contributed by atoms with Crippen LogP contribution < -0.4 is 11.1 Å². The lowest BCUT2D eigenvalue weighted by molar-refractivity contribution is -0.110. The number of amides is 1. The molecule has 0 saturated heterocycles. The van der Waals surface area contributed by atoms with E-state index in [-0.39, 0.29) is 0 Å². The Morgan fingerprint density at radius 2 is 1.90 bits per heavy atom. The van der Waals surface area contributed by atoms with Crippen molar-refractivity contribution in [2.75, 3.05) is 0 Å². The Labute approximate surface area is 132 Å². The summed E-state index contributed by atoms with van der Waals surface area (Å²) in [7, 11) is 0. The number of carbonyl (C=O) groups is 2. The highest BCUT2D eigenvalue weighted by Crippen LogP contribution is 2.16. The minimum absolute atomic E-state index is 0.614. The number of hydrogen-bond donors (Lipinski definition) is 2. The van der Waals surface area contributed by atoms with Crippen molar-refractivity contribution in [3.8, 4) is 0 Å². The standard InChI is InChI=1S/C14H19IN2O3/c1-14(2,3)20-13(19)17-11(8-18)12(16)9-4-6-10(15)7-5-9/h4-8,11-12H,16H2,1-3H3,(H,17,19). The lowest BCUT2D eigenvalue weighted by Gasteiger charge is -2.24. The maximum Gasteiger partial charge on any atom is 0.408 e. The molecule has 20 heavy (non-hydrogen) atoms. The minimum atomic E-state index is -0.829. The fraction of sp³-hybridized carbons (Fsp3) is 0.429. The number of halogens is 1. The van der Waals surface area contributed by atoms with Crippen molar-refractivity contribution in [3.63, 3.8) is 0 Å². The normalized spacial score (nSPS) is 14.2. The summed E-state index contributed by atoms with van der Waals surface area (Å²) < 4.78 is 6.18. The van der Waals surface area contributed by atoms with Gasteiger partial charge in [-0.3, -0.25) is 0 Å². The third kappa shape index (κ3) is 5.46. The zero-order valence-corrected chi connectivity index (χ0v) is 13.9. The largest absolute Gasteiger partial charge is 0.444 e. The molecule has 0 spiro atoms. The molecular weight excluding hydrogens is 371 g/mol. The second-order valence-corrected chi connectivity index (χ2v) is 6.63. The summed E-state index contributed by atoms with van der Waals surface area (Å²) in [5, 5.41) is 2.48. The topological polar surface area (TPSA) is 81.4 Å². The smallest absolute Gasteiger partial charge is 0.408 e. The summed E-state index contributed by atoms with van der Waals surface area (Å²) in [6.45, 7) is 5.25. The van der Waals surface area contributed by atoms with Crippen LogP contribution in [-0.4, -0.2) is 24.0 Å². The summed E-state index contributed by atoms with van der Waals surface area (Å²) in [5.41, 5.74) is 6.16. The number of benzene rings is 1. The summed E-state index contributed by atoms with van der Waals surface area (Å²) in [4.78, 5) is 22.8. The van der Waals surface area contributed by atoms with Gasteiger partial charge in [-0.1, -0.05) is 12.1 Å². The molecule has 0 aromatic heterocycles. The van der Waals surface area contributed by atoms with Crippen molar-refractivity contribution < 1.29 is 14.3 Å². The quantitative estimate of drug-likeness (QED) is 0.611. The predicted molar refractivity (Wildman–Crippen MR) is 85.3 cm³/mol. The molecule has 1 aromatic rings. The zero-order valence-electron chi connectivity index (χ0n) is 11.7. The Morgan fingerprint density at radius 3 is 2.35 bits per heavy atom. The Bertz CT molecular complexity index is 468. The number of rotatable bonds is 4. The van der Waals surface area contributed by atoms with Gasteiger partial charge in [0.2, 0.25) is 0 Å². The van der Waals surface area contributed by atoms with Crippen molar-refractivity contribution >= 4 is 35.0 Å². The van der Waals surface area contributed by atoms with Gasteiger partial charge < -0.3 is 20.6 Å². The Kier molecular flexibility index (Phi) is 5.94. The molecule has 3 N–H and O–H groups in total. The number of nitrogens with two attached hydrogens (primary N) is 1. The van der Waals surface area contributed by atoms with E-state index in [1.807, 2.05) is 24.3 Å². The Hall–Kier alpha value is -1.15. The number of carbonyl (C=O) groups excluding carboxylic acids is 2. The molecule has 1 rings (SSSR count). The van der Waals surface area contributed by atoms with E-state index in [9.17, 15) is 9.59 Å². The average molecular weight is 390 g/mol. The van der Waals surface area contributed by atoms with Crippen LogP contribution in [0.2, 0.25) is 0 Å². The van der Waals surface area contributed by atoms with Gasteiger partial charge in [0, 0.05) is 3.57 Å². The fourth-order valence-electron chi connectivity index (χ4n) is 1.54. The first-order chi connectivity index (χ1) is 9.23. The highest BCUT2D eigenvalue weighted by atomic mass is 127. The number of hydrogen-bond acceptors (Lipinski definition) is 4. The summed E-state index contributed by atoms with van der Waals surface area (Å²) in [6.07, 6.45) is -0.0393. The molecule has 0 aliphatic carbocycles. The molecule has 0 aliphatic heterocycles. The van der Waals surface area contributed by atoms with Crippen molar-refractivity contribution in [3.05, 3.63) is 33.4 Å². The molecular formula is C14H19IN2O3. The molecule has 110 valence electrons. The van der Waals surface area contributed by atoms with Crippen LogP contribution in [0.5, 0.6) is 0 Å². The molecule has 0 heterocycles. The SMILES string of the molecule is CC(C)(C)OC(=O)NC(C=O)C(N)c1ccc(I)cc1. The minimum Gasteiger partial charge on any atom is -0.444 e. The first-order valence-corrected chi connectivity index (χ1v) is 7.26. The Balaban J connectivity index is 2.73. The van der Waals surface area contributed by atoms with E-state index in [0.717, 1.165) is 9.13 Å². The molecule has 5 nitrogen and oxygen atoms in total. The third-order valence-electron chi connectivity index (χ3n) is 2.47. The van der Waals surface area contributed by atoms with Gasteiger partial charge in [0.05, 0.1) is 6.04 Å². The van der Waals surface area contributed by atoms with Crippen molar-refractivity contribution in [2.24, 2.45) is 5.73 Å². The van der Waals surface area contributed by atoms with E-state index in [0.29, 0.717) is 6.29 Å². The molecule has 0 fully saturated rings. The second-order valence-electron chi connectivity index (χ2n) is 5.39. The number of ether oxygens (including phenoxy) is 1. The highest BCUT2D eigenvalue weighted by molar-refractivity contribution is 14.1. The van der Waals surface area contributed by atoms with Crippen LogP contribution in [0.4, 0.5) is 4.79 Å². The van der Waals surface area contributed by atoms with Crippen LogP contribution in [0.3, 0.4) is 0 Å². The molecule has 0 bridgehead atoms. The molecule has 1 aromatic carbocycles. The number of nitrogens with one attached hydrogen (secondary N) is 1. The molecule has 2 unspecified atom stereocenters. The fourth-order valence-corrected chi connectivity index (χ4v) is 1.90. The lowest BCUT2D eigenvalue weighted by atomic mass is 10.0. The summed E-state index contributed by atoms with van der Waals surface area (Å²) in [5.74, 6) is 0. The lowest BCUT2D eigenvalue weighted by Crippen LogP contribution is -2.45. The van der Waals surface area contributed by atoms with Crippen molar-refractivity contribution in [1.82, 2.24) is 5.32 Å². The molecule has 1 amide bonds. The van der Waals surface area contributed by atoms with E-state index in [2.05, 4.69) is 27.9 Å². The van der Waals surface area contributed by atoms with Crippen molar-refractivity contribution in [2.45, 2.75) is 38.5 Å². The van der Waals surface area contributed by atoms with E-state index < -0.39 is 23.8 Å². The second kappa shape index (κ2) is 7.03. The van der Waals surface area contributed by atoms with Gasteiger partial charge in [-0.15, -0.1) is 0 Å². The molecule has 0 saturated carbocycles. The van der Waals surface area contributed by atoms with Gasteiger partial charge in [0.25, 0.3) is 0 Å². The van der Waals surface area contributed by atoms with Gasteiger partial charge in [-0.25, -0.2) is 4.79 Å². The zero-order chi connectivity index (χ0) is 15.3. The monoisotopic (exact) mass is 390 g/mol. The van der Waals surface area contributed by atoms with Crippen LogP contribution in [0, 0.1) is 3.57 Å². The first kappa shape index (κ1) is 16.9. The predicted octanol–water partition coefficient (Wildman–Crippen LogP) is 2.38. The van der Waals surface area contributed by atoms with Gasteiger partial charge >= 0.3 is 6.09 Å². The average Bonchev–Trinajstić information content (AvgIpc) is 2.34. The molecule has 0 aliphatic rings. The highest BCUT2D eigenvalue weighted by Gasteiger charge is 2.24. The maximum atomic E-state index is 11.7. The summed E-state index contributed by atoms with van der Waals surface area (Å²) >= 11 is 2.18. The van der Waals surface area contributed by atoms with Crippen LogP contribution in [0.1, 0.15) is 32.4 Å². The van der Waals surface area contributed by atoms with Crippen molar-refractivity contribution in [1.29, 1.82) is 0 Å². The third-order valence-corrected chi connectivity index (χ3v) is 3.19. The molecule has 2 atom stereocenters. The van der Waals surface area contributed by atoms with Crippen LogP contribution in [0.15, 0.2) is 24.3 Å². The molecule has 0 radical (unpaired) electrons. The first-order valence-electron chi connectivity index (χ1n) is 6.19. The Morgan fingerprint density at radius 1 is 1.35 bits per heavy atom. The molecule has 6 heteroatoms. The summed E-state index contributed by atoms with van der Waals surface area (Å²) in [6, 6.07) is 6.01. The number of aldehydes is 1.